The number of carbonyl (C=O) groups excluding carboxylic acids is 2. The van der Waals surface area contributed by atoms with Gasteiger partial charge in [0, 0.05) is 11.1 Å². The highest BCUT2D eigenvalue weighted by Crippen LogP contribution is 2.25. The molecule has 2 aromatic carbocycles. The molecule has 4 nitrogen and oxygen atoms in total. The topological polar surface area (TPSA) is 71.4 Å². The van der Waals surface area contributed by atoms with Gasteiger partial charge in [0.1, 0.15) is 18.5 Å². The van der Waals surface area contributed by atoms with Crippen molar-refractivity contribution in [3.8, 4) is 0 Å². The van der Waals surface area contributed by atoms with E-state index in [2.05, 4.69) is 0 Å². The number of hydrogen-bond donors (Lipinski definition) is 1. The third-order valence-electron chi connectivity index (χ3n) is 3.06. The summed E-state index contributed by atoms with van der Waals surface area (Å²) in [5.41, 5.74) is 2.16. The third kappa shape index (κ3) is 2.80. The van der Waals surface area contributed by atoms with E-state index < -0.39 is 11.9 Å². The maximum atomic E-state index is 11.5. The number of rotatable bonds is 5. The number of carbonyl (C=O) groups is 3. The van der Waals surface area contributed by atoms with Crippen LogP contribution in [0.4, 0.5) is 0 Å². The number of aldehydes is 2. The first-order chi connectivity index (χ1) is 9.65. The molecule has 2 aromatic rings. The fraction of sp³-hybridized carbons (Fsp3) is 0.0625. The molecule has 20 heavy (non-hydrogen) atoms. The van der Waals surface area contributed by atoms with Crippen molar-refractivity contribution in [2.24, 2.45) is 0 Å². The van der Waals surface area contributed by atoms with Gasteiger partial charge in [0.2, 0.25) is 0 Å². The van der Waals surface area contributed by atoms with Crippen LogP contribution in [0.3, 0.4) is 0 Å². The highest BCUT2D eigenvalue weighted by Gasteiger charge is 2.21. The molecule has 0 atom stereocenters. The van der Waals surface area contributed by atoms with Crippen LogP contribution in [0.15, 0.2) is 48.5 Å². The minimum atomic E-state index is -0.984. The molecule has 0 aliphatic rings. The molecule has 2 rings (SSSR count). The van der Waals surface area contributed by atoms with Crippen molar-refractivity contribution >= 4 is 18.5 Å². The van der Waals surface area contributed by atoms with E-state index >= 15 is 0 Å². The molecule has 0 saturated heterocycles. The molecule has 0 saturated carbocycles. The summed E-state index contributed by atoms with van der Waals surface area (Å²) in [7, 11) is 0. The summed E-state index contributed by atoms with van der Waals surface area (Å²) in [6.45, 7) is 0. The van der Waals surface area contributed by atoms with E-state index in [-0.39, 0.29) is 0 Å². The van der Waals surface area contributed by atoms with Gasteiger partial charge < -0.3 is 5.11 Å². The van der Waals surface area contributed by atoms with Crippen molar-refractivity contribution in [3.05, 3.63) is 70.8 Å². The van der Waals surface area contributed by atoms with Gasteiger partial charge in [-0.3, -0.25) is 14.4 Å². The average molecular weight is 268 g/mol. The van der Waals surface area contributed by atoms with Gasteiger partial charge in [0.15, 0.2) is 0 Å². The molecule has 0 spiro atoms. The molecule has 0 fully saturated rings. The zero-order chi connectivity index (χ0) is 14.5. The van der Waals surface area contributed by atoms with Gasteiger partial charge >= 0.3 is 5.97 Å². The van der Waals surface area contributed by atoms with Crippen molar-refractivity contribution < 1.29 is 19.5 Å². The molecule has 4 heteroatoms. The second-order valence-electron chi connectivity index (χ2n) is 4.34. The maximum Gasteiger partial charge on any atom is 0.315 e. The predicted octanol–water partition coefficient (Wildman–Crippen LogP) is 2.53. The fourth-order valence-electron chi connectivity index (χ4n) is 2.01. The maximum absolute atomic E-state index is 11.5. The smallest absolute Gasteiger partial charge is 0.315 e. The van der Waals surface area contributed by atoms with E-state index in [4.69, 9.17) is 0 Å². The SMILES string of the molecule is O=Cc1ccc(C(C(=O)O)c2ccc(C=O)cc2)cc1. The Bertz CT molecular complexity index is 575. The first-order valence-electron chi connectivity index (χ1n) is 5.99. The summed E-state index contributed by atoms with van der Waals surface area (Å²) >= 11 is 0. The zero-order valence-corrected chi connectivity index (χ0v) is 10.5. The fourth-order valence-corrected chi connectivity index (χ4v) is 2.01. The lowest BCUT2D eigenvalue weighted by molar-refractivity contribution is -0.137. The molecular weight excluding hydrogens is 256 g/mol. The second-order valence-corrected chi connectivity index (χ2v) is 4.34. The molecule has 100 valence electrons. The van der Waals surface area contributed by atoms with E-state index in [1.54, 1.807) is 48.5 Å². The Labute approximate surface area is 115 Å². The van der Waals surface area contributed by atoms with Crippen LogP contribution >= 0.6 is 0 Å². The number of hydrogen-bond acceptors (Lipinski definition) is 3. The Kier molecular flexibility index (Phi) is 4.05. The van der Waals surface area contributed by atoms with E-state index in [9.17, 15) is 19.5 Å². The third-order valence-corrected chi connectivity index (χ3v) is 3.06. The summed E-state index contributed by atoms with van der Waals surface area (Å²) in [5, 5.41) is 9.39. The molecule has 0 heterocycles. The molecule has 0 radical (unpaired) electrons. The van der Waals surface area contributed by atoms with E-state index in [1.807, 2.05) is 0 Å². The summed E-state index contributed by atoms with van der Waals surface area (Å²) in [6.07, 6.45) is 1.41. The Balaban J connectivity index is 2.41. The van der Waals surface area contributed by atoms with Gasteiger partial charge in [-0.05, 0) is 11.1 Å². The Morgan fingerprint density at radius 2 is 1.15 bits per heavy atom. The molecule has 0 amide bonds. The largest absolute Gasteiger partial charge is 0.481 e. The first-order valence-corrected chi connectivity index (χ1v) is 5.99. The Hall–Kier alpha value is -2.75. The summed E-state index contributed by atoms with van der Waals surface area (Å²) in [6, 6.07) is 12.8. The highest BCUT2D eigenvalue weighted by atomic mass is 16.4. The average Bonchev–Trinajstić information content (AvgIpc) is 2.48. The Morgan fingerprint density at radius 1 is 0.800 bits per heavy atom. The Morgan fingerprint density at radius 3 is 1.40 bits per heavy atom. The minimum Gasteiger partial charge on any atom is -0.481 e. The summed E-state index contributed by atoms with van der Waals surface area (Å²) in [5.74, 6) is -1.81. The van der Waals surface area contributed by atoms with Crippen LogP contribution in [0, 0.1) is 0 Å². The van der Waals surface area contributed by atoms with Crippen LogP contribution in [-0.4, -0.2) is 23.6 Å². The van der Waals surface area contributed by atoms with Crippen molar-refractivity contribution in [2.75, 3.05) is 0 Å². The number of aliphatic carboxylic acids is 1. The highest BCUT2D eigenvalue weighted by molar-refractivity contribution is 5.82. The second kappa shape index (κ2) is 5.93. The normalized spacial score (nSPS) is 10.2. The zero-order valence-electron chi connectivity index (χ0n) is 10.5. The lowest BCUT2D eigenvalue weighted by Gasteiger charge is -2.13. The summed E-state index contributed by atoms with van der Waals surface area (Å²) < 4.78 is 0. The van der Waals surface area contributed by atoms with Gasteiger partial charge in [-0.1, -0.05) is 48.5 Å². The predicted molar refractivity (Wildman–Crippen MR) is 73.1 cm³/mol. The van der Waals surface area contributed by atoms with Gasteiger partial charge in [-0.2, -0.15) is 0 Å². The molecule has 0 aliphatic carbocycles. The van der Waals surface area contributed by atoms with Crippen LogP contribution in [0.5, 0.6) is 0 Å². The van der Waals surface area contributed by atoms with Crippen LogP contribution in [0.2, 0.25) is 0 Å². The molecule has 1 N–H and O–H groups in total. The van der Waals surface area contributed by atoms with Gasteiger partial charge in [0.05, 0.1) is 0 Å². The molecule has 0 unspecified atom stereocenters. The first kappa shape index (κ1) is 13.7. The van der Waals surface area contributed by atoms with Crippen LogP contribution in [0.25, 0.3) is 0 Å². The quantitative estimate of drug-likeness (QED) is 0.846. The lowest BCUT2D eigenvalue weighted by atomic mass is 9.90. The number of benzene rings is 2. The van der Waals surface area contributed by atoms with Crippen LogP contribution in [-0.2, 0) is 4.79 Å². The number of carboxylic acid groups (broad SMARTS) is 1. The number of carboxylic acids is 1. The summed E-state index contributed by atoms with van der Waals surface area (Å²) in [4.78, 5) is 32.7. The van der Waals surface area contributed by atoms with Crippen LogP contribution < -0.4 is 0 Å². The standard InChI is InChI=1S/C16H12O4/c17-9-11-1-5-13(6-2-11)15(16(19)20)14-7-3-12(10-18)4-8-14/h1-10,15H,(H,19,20). The molecule has 0 bridgehead atoms. The monoisotopic (exact) mass is 268 g/mol. The van der Waals surface area contributed by atoms with Crippen molar-refractivity contribution in [1.29, 1.82) is 0 Å². The minimum absolute atomic E-state index is 0.495. The van der Waals surface area contributed by atoms with Crippen molar-refractivity contribution in [2.45, 2.75) is 5.92 Å². The van der Waals surface area contributed by atoms with Gasteiger partial charge in [-0.25, -0.2) is 0 Å². The van der Waals surface area contributed by atoms with Gasteiger partial charge in [0.25, 0.3) is 0 Å². The van der Waals surface area contributed by atoms with E-state index in [1.165, 1.54) is 0 Å². The lowest BCUT2D eigenvalue weighted by Crippen LogP contribution is -2.13. The van der Waals surface area contributed by atoms with E-state index in [0.29, 0.717) is 34.8 Å². The van der Waals surface area contributed by atoms with E-state index in [0.717, 1.165) is 0 Å². The van der Waals surface area contributed by atoms with Gasteiger partial charge in [-0.15, -0.1) is 0 Å². The molecule has 0 aromatic heterocycles. The van der Waals surface area contributed by atoms with Crippen LogP contribution in [0.1, 0.15) is 37.8 Å². The van der Waals surface area contributed by atoms with Crippen molar-refractivity contribution in [3.63, 3.8) is 0 Å². The molecule has 0 aliphatic heterocycles. The van der Waals surface area contributed by atoms with Crippen molar-refractivity contribution in [1.82, 2.24) is 0 Å². The molecular formula is C16H12O4.